The van der Waals surface area contributed by atoms with Crippen molar-refractivity contribution >= 4 is 0 Å². The quantitative estimate of drug-likeness (QED) is 0.786. The summed E-state index contributed by atoms with van der Waals surface area (Å²) in [5.41, 5.74) is 0. The van der Waals surface area contributed by atoms with Gasteiger partial charge in [-0.1, -0.05) is 6.42 Å². The normalized spacial score (nSPS) is 37.2. The minimum Gasteiger partial charge on any atom is -0.396 e. The molecule has 0 bridgehead atoms. The van der Waals surface area contributed by atoms with Gasteiger partial charge in [-0.3, -0.25) is 9.80 Å². The molecule has 3 saturated heterocycles. The van der Waals surface area contributed by atoms with Crippen molar-refractivity contribution in [2.24, 2.45) is 5.92 Å². The van der Waals surface area contributed by atoms with E-state index >= 15 is 0 Å². The Morgan fingerprint density at radius 1 is 0.882 bits per heavy atom. The molecule has 3 heterocycles. The van der Waals surface area contributed by atoms with Gasteiger partial charge in [0.1, 0.15) is 0 Å². The van der Waals surface area contributed by atoms with Crippen molar-refractivity contribution in [3.05, 3.63) is 0 Å². The first-order valence-electron chi connectivity index (χ1n) is 7.46. The lowest BCUT2D eigenvalue weighted by molar-refractivity contribution is 0.101. The van der Waals surface area contributed by atoms with Crippen LogP contribution in [0.4, 0.5) is 0 Å². The highest BCUT2D eigenvalue weighted by Crippen LogP contribution is 2.31. The summed E-state index contributed by atoms with van der Waals surface area (Å²) in [6.45, 7) is 5.49. The third-order valence-electron chi connectivity index (χ3n) is 5.16. The van der Waals surface area contributed by atoms with Gasteiger partial charge in [-0.2, -0.15) is 0 Å². The molecule has 3 rings (SSSR count). The number of aliphatic hydroxyl groups excluding tert-OH is 1. The highest BCUT2D eigenvalue weighted by molar-refractivity contribution is 4.93. The van der Waals surface area contributed by atoms with E-state index in [1.54, 1.807) is 0 Å². The maximum absolute atomic E-state index is 9.18. The highest BCUT2D eigenvalue weighted by Gasteiger charge is 2.37. The summed E-state index contributed by atoms with van der Waals surface area (Å²) >= 11 is 0. The van der Waals surface area contributed by atoms with Crippen LogP contribution in [-0.2, 0) is 0 Å². The Morgan fingerprint density at radius 3 is 2.41 bits per heavy atom. The van der Waals surface area contributed by atoms with Crippen LogP contribution in [0.1, 0.15) is 38.5 Å². The first kappa shape index (κ1) is 11.9. The number of piperidine rings is 2. The van der Waals surface area contributed by atoms with E-state index in [9.17, 15) is 5.11 Å². The molecule has 0 aromatic heterocycles. The second kappa shape index (κ2) is 5.25. The van der Waals surface area contributed by atoms with Crippen molar-refractivity contribution in [3.8, 4) is 0 Å². The van der Waals surface area contributed by atoms with Gasteiger partial charge in [0.05, 0.1) is 0 Å². The number of hydrogen-bond acceptors (Lipinski definition) is 3. The Kier molecular flexibility index (Phi) is 3.69. The summed E-state index contributed by atoms with van der Waals surface area (Å²) in [5, 5.41) is 9.18. The molecule has 0 radical (unpaired) electrons. The molecule has 0 aromatic carbocycles. The van der Waals surface area contributed by atoms with Crippen LogP contribution in [-0.4, -0.2) is 59.8 Å². The van der Waals surface area contributed by atoms with Gasteiger partial charge in [0, 0.05) is 25.2 Å². The van der Waals surface area contributed by atoms with Gasteiger partial charge in [0.2, 0.25) is 0 Å². The van der Waals surface area contributed by atoms with Gasteiger partial charge in [-0.05, 0) is 57.7 Å². The molecule has 2 unspecified atom stereocenters. The second-order valence-corrected chi connectivity index (χ2v) is 6.20. The van der Waals surface area contributed by atoms with Crippen molar-refractivity contribution < 1.29 is 5.11 Å². The van der Waals surface area contributed by atoms with Gasteiger partial charge < -0.3 is 5.11 Å². The molecule has 0 aromatic rings. The lowest BCUT2D eigenvalue weighted by Gasteiger charge is -2.35. The molecule has 98 valence electrons. The lowest BCUT2D eigenvalue weighted by Crippen LogP contribution is -2.43. The molecule has 3 aliphatic heterocycles. The van der Waals surface area contributed by atoms with E-state index in [2.05, 4.69) is 9.80 Å². The molecule has 3 nitrogen and oxygen atoms in total. The van der Waals surface area contributed by atoms with Crippen molar-refractivity contribution in [2.45, 2.75) is 50.6 Å². The van der Waals surface area contributed by atoms with E-state index < -0.39 is 0 Å². The summed E-state index contributed by atoms with van der Waals surface area (Å²) in [5.74, 6) is 0.579. The summed E-state index contributed by atoms with van der Waals surface area (Å²) in [6, 6.07) is 1.71. The van der Waals surface area contributed by atoms with Crippen LogP contribution in [0, 0.1) is 5.92 Å². The smallest absolute Gasteiger partial charge is 0.0460 e. The minimum absolute atomic E-state index is 0.396. The average Bonchev–Trinajstić information content (AvgIpc) is 2.82. The predicted molar refractivity (Wildman–Crippen MR) is 69.0 cm³/mol. The summed E-state index contributed by atoms with van der Waals surface area (Å²) < 4.78 is 0. The zero-order valence-corrected chi connectivity index (χ0v) is 10.9. The second-order valence-electron chi connectivity index (χ2n) is 6.20. The van der Waals surface area contributed by atoms with E-state index in [0.717, 1.165) is 12.1 Å². The lowest BCUT2D eigenvalue weighted by atomic mass is 9.95. The molecule has 0 saturated carbocycles. The first-order valence-corrected chi connectivity index (χ1v) is 7.46. The number of hydrogen-bond donors (Lipinski definition) is 1. The van der Waals surface area contributed by atoms with E-state index in [0.29, 0.717) is 12.5 Å². The maximum Gasteiger partial charge on any atom is 0.0460 e. The minimum atomic E-state index is 0.396. The van der Waals surface area contributed by atoms with Gasteiger partial charge in [-0.25, -0.2) is 0 Å². The number of aliphatic hydroxyl groups is 1. The Balaban J connectivity index is 1.52. The van der Waals surface area contributed by atoms with Crippen molar-refractivity contribution in [3.63, 3.8) is 0 Å². The van der Waals surface area contributed by atoms with E-state index in [1.165, 1.54) is 64.7 Å². The molecular formula is C14H26N2O. The zero-order valence-electron chi connectivity index (χ0n) is 10.9. The van der Waals surface area contributed by atoms with E-state index in [-0.39, 0.29) is 0 Å². The van der Waals surface area contributed by atoms with E-state index in [1.807, 2.05) is 0 Å². The molecular weight excluding hydrogens is 212 g/mol. The fourth-order valence-corrected chi connectivity index (χ4v) is 3.99. The first-order chi connectivity index (χ1) is 8.36. The van der Waals surface area contributed by atoms with Crippen LogP contribution >= 0.6 is 0 Å². The van der Waals surface area contributed by atoms with Crippen LogP contribution in [0.15, 0.2) is 0 Å². The Hall–Kier alpha value is -0.120. The largest absolute Gasteiger partial charge is 0.396 e. The van der Waals surface area contributed by atoms with E-state index in [4.69, 9.17) is 0 Å². The van der Waals surface area contributed by atoms with Crippen LogP contribution in [0.5, 0.6) is 0 Å². The Labute approximate surface area is 105 Å². The van der Waals surface area contributed by atoms with Crippen molar-refractivity contribution in [1.82, 2.24) is 9.80 Å². The third kappa shape index (κ3) is 2.51. The molecule has 3 heteroatoms. The summed E-state index contributed by atoms with van der Waals surface area (Å²) in [6.07, 6.45) is 8.11. The van der Waals surface area contributed by atoms with Gasteiger partial charge in [0.25, 0.3) is 0 Å². The van der Waals surface area contributed by atoms with Crippen LogP contribution in [0.25, 0.3) is 0 Å². The van der Waals surface area contributed by atoms with Gasteiger partial charge >= 0.3 is 0 Å². The zero-order chi connectivity index (χ0) is 11.7. The molecule has 3 fully saturated rings. The van der Waals surface area contributed by atoms with Gasteiger partial charge in [-0.15, -0.1) is 0 Å². The topological polar surface area (TPSA) is 26.7 Å². The summed E-state index contributed by atoms with van der Waals surface area (Å²) in [4.78, 5) is 5.43. The molecule has 0 aliphatic carbocycles. The summed E-state index contributed by atoms with van der Waals surface area (Å²) in [7, 11) is 0. The SMILES string of the molecule is OCC1CCN(C2CC3CCCCN3C2)CC1. The highest BCUT2D eigenvalue weighted by atomic mass is 16.3. The van der Waals surface area contributed by atoms with Crippen LogP contribution in [0.3, 0.4) is 0 Å². The molecule has 2 atom stereocenters. The van der Waals surface area contributed by atoms with Crippen LogP contribution < -0.4 is 0 Å². The maximum atomic E-state index is 9.18. The van der Waals surface area contributed by atoms with Gasteiger partial charge in [0.15, 0.2) is 0 Å². The number of nitrogens with zero attached hydrogens (tertiary/aromatic N) is 2. The standard InChI is InChI=1S/C14H26N2O/c17-11-12-4-7-15(8-5-12)14-9-13-3-1-2-6-16(13)10-14/h12-14,17H,1-11H2. The number of fused-ring (bicyclic) bond motifs is 1. The third-order valence-corrected chi connectivity index (χ3v) is 5.16. The average molecular weight is 238 g/mol. The monoisotopic (exact) mass is 238 g/mol. The fourth-order valence-electron chi connectivity index (χ4n) is 3.99. The molecule has 1 N–H and O–H groups in total. The Morgan fingerprint density at radius 2 is 1.71 bits per heavy atom. The van der Waals surface area contributed by atoms with Crippen LogP contribution in [0.2, 0.25) is 0 Å². The molecule has 0 spiro atoms. The fraction of sp³-hybridized carbons (Fsp3) is 1.00. The Bertz CT molecular complexity index is 237. The molecule has 0 amide bonds. The number of rotatable bonds is 2. The molecule has 3 aliphatic rings. The van der Waals surface area contributed by atoms with Crippen molar-refractivity contribution in [1.29, 1.82) is 0 Å². The molecule has 17 heavy (non-hydrogen) atoms. The van der Waals surface area contributed by atoms with Crippen molar-refractivity contribution in [2.75, 3.05) is 32.8 Å². The predicted octanol–water partition coefficient (Wildman–Crippen LogP) is 1.32. The number of likely N-dealkylation sites (tertiary alicyclic amines) is 1.